The standard InChI is InChI=1S/C15H17ClN2O/c1-2-19-13-7-12(9-18-10-13)15(17)8-11-5-3-4-6-14(11)16/h3-7,9-10,15H,2,8,17H2,1H3. The maximum absolute atomic E-state index is 6.21. The third-order valence-corrected chi connectivity index (χ3v) is 3.24. The molecule has 0 spiro atoms. The monoisotopic (exact) mass is 276 g/mol. The van der Waals surface area contributed by atoms with Crippen LogP contribution < -0.4 is 10.5 Å². The van der Waals surface area contributed by atoms with Gasteiger partial charge in [-0.2, -0.15) is 0 Å². The van der Waals surface area contributed by atoms with E-state index in [1.165, 1.54) is 0 Å². The lowest BCUT2D eigenvalue weighted by atomic mass is 10.0. The summed E-state index contributed by atoms with van der Waals surface area (Å²) in [5, 5.41) is 0.742. The summed E-state index contributed by atoms with van der Waals surface area (Å²) in [5.74, 6) is 0.745. The van der Waals surface area contributed by atoms with Crippen LogP contribution in [0.2, 0.25) is 5.02 Å². The number of hydrogen-bond donors (Lipinski definition) is 1. The molecule has 0 aliphatic heterocycles. The van der Waals surface area contributed by atoms with Crippen LogP contribution in [-0.4, -0.2) is 11.6 Å². The van der Waals surface area contributed by atoms with Crippen LogP contribution in [0.3, 0.4) is 0 Å². The molecular weight excluding hydrogens is 260 g/mol. The number of ether oxygens (including phenoxy) is 1. The molecule has 0 aliphatic rings. The molecule has 1 aromatic heterocycles. The average molecular weight is 277 g/mol. The summed E-state index contributed by atoms with van der Waals surface area (Å²) in [6.07, 6.45) is 4.14. The predicted octanol–water partition coefficient (Wildman–Crippen LogP) is 3.38. The molecule has 1 aromatic carbocycles. The molecule has 0 bridgehead atoms. The fourth-order valence-corrected chi connectivity index (χ4v) is 2.12. The summed E-state index contributed by atoms with van der Waals surface area (Å²) in [5.41, 5.74) is 8.20. The Morgan fingerprint density at radius 3 is 2.84 bits per heavy atom. The molecule has 0 aliphatic carbocycles. The molecule has 100 valence electrons. The summed E-state index contributed by atoms with van der Waals surface area (Å²) >= 11 is 6.14. The molecule has 0 fully saturated rings. The lowest BCUT2D eigenvalue weighted by Crippen LogP contribution is -2.14. The molecule has 4 heteroatoms. The largest absolute Gasteiger partial charge is 0.492 e. The quantitative estimate of drug-likeness (QED) is 0.911. The number of rotatable bonds is 5. The minimum Gasteiger partial charge on any atom is -0.492 e. The molecular formula is C15H17ClN2O. The van der Waals surface area contributed by atoms with Crippen molar-refractivity contribution in [3.05, 3.63) is 58.9 Å². The topological polar surface area (TPSA) is 48.1 Å². The van der Waals surface area contributed by atoms with Crippen molar-refractivity contribution >= 4 is 11.6 Å². The van der Waals surface area contributed by atoms with Crippen LogP contribution in [0.4, 0.5) is 0 Å². The second-order valence-electron chi connectivity index (χ2n) is 4.29. The Labute approximate surface area is 118 Å². The number of pyridine rings is 1. The maximum Gasteiger partial charge on any atom is 0.137 e. The fourth-order valence-electron chi connectivity index (χ4n) is 1.90. The zero-order chi connectivity index (χ0) is 13.7. The summed E-state index contributed by atoms with van der Waals surface area (Å²) in [7, 11) is 0. The van der Waals surface area contributed by atoms with Gasteiger partial charge in [0.1, 0.15) is 5.75 Å². The molecule has 2 aromatic rings. The van der Waals surface area contributed by atoms with Crippen molar-refractivity contribution < 1.29 is 4.74 Å². The van der Waals surface area contributed by atoms with E-state index in [1.807, 2.05) is 37.3 Å². The van der Waals surface area contributed by atoms with Gasteiger partial charge in [-0.1, -0.05) is 29.8 Å². The van der Waals surface area contributed by atoms with E-state index < -0.39 is 0 Å². The van der Waals surface area contributed by atoms with Crippen molar-refractivity contribution in [2.75, 3.05) is 6.61 Å². The number of halogens is 1. The first kappa shape index (κ1) is 13.8. The maximum atomic E-state index is 6.21. The molecule has 0 amide bonds. The summed E-state index contributed by atoms with van der Waals surface area (Å²) in [6, 6.07) is 9.52. The van der Waals surface area contributed by atoms with E-state index in [9.17, 15) is 0 Å². The highest BCUT2D eigenvalue weighted by atomic mass is 35.5. The Kier molecular flexibility index (Phi) is 4.77. The second-order valence-corrected chi connectivity index (χ2v) is 4.70. The number of nitrogens with two attached hydrogens (primary N) is 1. The van der Waals surface area contributed by atoms with Crippen LogP contribution in [0.15, 0.2) is 42.7 Å². The van der Waals surface area contributed by atoms with E-state index in [1.54, 1.807) is 12.4 Å². The Balaban J connectivity index is 2.13. The minimum absolute atomic E-state index is 0.146. The molecule has 1 unspecified atom stereocenters. The van der Waals surface area contributed by atoms with E-state index in [2.05, 4.69) is 4.98 Å². The van der Waals surface area contributed by atoms with E-state index in [0.717, 1.165) is 21.9 Å². The molecule has 2 rings (SSSR count). The van der Waals surface area contributed by atoms with E-state index in [0.29, 0.717) is 13.0 Å². The molecule has 0 radical (unpaired) electrons. The van der Waals surface area contributed by atoms with Gasteiger partial charge in [0.15, 0.2) is 0 Å². The van der Waals surface area contributed by atoms with Crippen LogP contribution in [0, 0.1) is 0 Å². The number of hydrogen-bond acceptors (Lipinski definition) is 3. The number of benzene rings is 1. The van der Waals surface area contributed by atoms with Crippen LogP contribution >= 0.6 is 11.6 Å². The number of nitrogens with zero attached hydrogens (tertiary/aromatic N) is 1. The molecule has 2 N–H and O–H groups in total. The van der Waals surface area contributed by atoms with Crippen molar-refractivity contribution in [2.45, 2.75) is 19.4 Å². The lowest BCUT2D eigenvalue weighted by molar-refractivity contribution is 0.338. The molecule has 0 saturated heterocycles. The van der Waals surface area contributed by atoms with Crippen LogP contribution in [0.5, 0.6) is 5.75 Å². The third kappa shape index (κ3) is 3.69. The van der Waals surface area contributed by atoms with Gasteiger partial charge in [0.25, 0.3) is 0 Å². The Bertz CT molecular complexity index is 545. The first-order chi connectivity index (χ1) is 9.20. The summed E-state index contributed by atoms with van der Waals surface area (Å²) in [4.78, 5) is 4.15. The SMILES string of the molecule is CCOc1cncc(C(N)Cc2ccccc2Cl)c1. The van der Waals surface area contributed by atoms with Gasteiger partial charge in [-0.05, 0) is 36.6 Å². The van der Waals surface area contributed by atoms with Crippen molar-refractivity contribution in [3.63, 3.8) is 0 Å². The zero-order valence-corrected chi connectivity index (χ0v) is 11.6. The Morgan fingerprint density at radius 1 is 1.32 bits per heavy atom. The Morgan fingerprint density at radius 2 is 2.11 bits per heavy atom. The molecule has 19 heavy (non-hydrogen) atoms. The third-order valence-electron chi connectivity index (χ3n) is 2.87. The van der Waals surface area contributed by atoms with E-state index in [-0.39, 0.29) is 6.04 Å². The average Bonchev–Trinajstić information content (AvgIpc) is 2.42. The van der Waals surface area contributed by atoms with Gasteiger partial charge in [0.05, 0.1) is 12.8 Å². The molecule has 0 saturated carbocycles. The minimum atomic E-state index is -0.146. The number of aromatic nitrogens is 1. The highest BCUT2D eigenvalue weighted by Crippen LogP contribution is 2.23. The van der Waals surface area contributed by atoms with E-state index >= 15 is 0 Å². The lowest BCUT2D eigenvalue weighted by Gasteiger charge is -2.14. The van der Waals surface area contributed by atoms with Gasteiger partial charge >= 0.3 is 0 Å². The van der Waals surface area contributed by atoms with Crippen molar-refractivity contribution in [1.82, 2.24) is 4.98 Å². The van der Waals surface area contributed by atoms with Crippen LogP contribution in [0.25, 0.3) is 0 Å². The predicted molar refractivity (Wildman–Crippen MR) is 77.5 cm³/mol. The highest BCUT2D eigenvalue weighted by molar-refractivity contribution is 6.31. The first-order valence-corrected chi connectivity index (χ1v) is 6.65. The van der Waals surface area contributed by atoms with Crippen molar-refractivity contribution in [3.8, 4) is 5.75 Å². The first-order valence-electron chi connectivity index (χ1n) is 6.27. The van der Waals surface area contributed by atoms with Crippen molar-refractivity contribution in [1.29, 1.82) is 0 Å². The van der Waals surface area contributed by atoms with Crippen molar-refractivity contribution in [2.24, 2.45) is 5.73 Å². The van der Waals surface area contributed by atoms with Gasteiger partial charge < -0.3 is 10.5 Å². The molecule has 3 nitrogen and oxygen atoms in total. The summed E-state index contributed by atoms with van der Waals surface area (Å²) < 4.78 is 5.43. The van der Waals surface area contributed by atoms with Gasteiger partial charge in [0.2, 0.25) is 0 Å². The molecule has 1 heterocycles. The van der Waals surface area contributed by atoms with Gasteiger partial charge in [-0.3, -0.25) is 4.98 Å². The fraction of sp³-hybridized carbons (Fsp3) is 0.267. The van der Waals surface area contributed by atoms with Crippen LogP contribution in [0.1, 0.15) is 24.1 Å². The van der Waals surface area contributed by atoms with Gasteiger partial charge in [0, 0.05) is 17.3 Å². The Hall–Kier alpha value is -1.58. The second kappa shape index (κ2) is 6.55. The van der Waals surface area contributed by atoms with E-state index in [4.69, 9.17) is 22.1 Å². The molecule has 1 atom stereocenters. The van der Waals surface area contributed by atoms with Gasteiger partial charge in [-0.25, -0.2) is 0 Å². The zero-order valence-electron chi connectivity index (χ0n) is 10.8. The van der Waals surface area contributed by atoms with Crippen LogP contribution in [-0.2, 0) is 6.42 Å². The van der Waals surface area contributed by atoms with Gasteiger partial charge in [-0.15, -0.1) is 0 Å². The smallest absolute Gasteiger partial charge is 0.137 e. The highest BCUT2D eigenvalue weighted by Gasteiger charge is 2.10. The summed E-state index contributed by atoms with van der Waals surface area (Å²) in [6.45, 7) is 2.56. The normalized spacial score (nSPS) is 12.2.